The molecule has 2 aromatic rings. The molecule has 2 aromatic heterocycles. The normalized spacial score (nSPS) is 20.4. The molecule has 0 spiro atoms. The third kappa shape index (κ3) is 1.88. The summed E-state index contributed by atoms with van der Waals surface area (Å²) in [5, 5.41) is 18.4. The summed E-state index contributed by atoms with van der Waals surface area (Å²) in [5.74, 6) is 0.105. The van der Waals surface area contributed by atoms with Crippen molar-refractivity contribution in [1.29, 1.82) is 0 Å². The van der Waals surface area contributed by atoms with Gasteiger partial charge in [0, 0.05) is 49.7 Å². The van der Waals surface area contributed by atoms with E-state index in [0.717, 1.165) is 47.5 Å². The lowest BCUT2D eigenvalue weighted by Gasteiger charge is -2.22. The second-order valence-electron chi connectivity index (χ2n) is 5.72. The summed E-state index contributed by atoms with van der Waals surface area (Å²) < 4.78 is 7.06. The van der Waals surface area contributed by atoms with Gasteiger partial charge in [0.1, 0.15) is 12.0 Å². The fourth-order valence-electron chi connectivity index (χ4n) is 3.27. The maximum atomic E-state index is 11.1. The highest BCUT2D eigenvalue weighted by molar-refractivity contribution is 5.65. The molecule has 0 fully saturated rings. The Morgan fingerprint density at radius 1 is 1.52 bits per heavy atom. The third-order valence-electron chi connectivity index (χ3n) is 4.35. The number of rotatable bonds is 2. The van der Waals surface area contributed by atoms with Crippen molar-refractivity contribution in [3.63, 3.8) is 0 Å². The van der Waals surface area contributed by atoms with Gasteiger partial charge < -0.3 is 14.5 Å². The highest BCUT2D eigenvalue weighted by Gasteiger charge is 2.31. The number of aliphatic hydroxyl groups is 1. The van der Waals surface area contributed by atoms with Gasteiger partial charge in [-0.15, -0.1) is 0 Å². The summed E-state index contributed by atoms with van der Waals surface area (Å²) in [7, 11) is 0. The van der Waals surface area contributed by atoms with Crippen LogP contribution in [0.15, 0.2) is 10.8 Å². The molecule has 0 aromatic carbocycles. The van der Waals surface area contributed by atoms with E-state index in [1.807, 2.05) is 4.68 Å². The van der Waals surface area contributed by atoms with Crippen LogP contribution < -0.4 is 0 Å². The average molecular weight is 288 g/mol. The summed E-state index contributed by atoms with van der Waals surface area (Å²) in [6.07, 6.45) is 4.01. The minimum Gasteiger partial charge on any atom is -0.396 e. The molecule has 110 valence electrons. The molecule has 1 unspecified atom stereocenters. The first-order valence-electron chi connectivity index (χ1n) is 7.12. The highest BCUT2D eigenvalue weighted by atomic mass is 16.5. The maximum absolute atomic E-state index is 11.1. The van der Waals surface area contributed by atoms with Gasteiger partial charge >= 0.3 is 0 Å². The van der Waals surface area contributed by atoms with Crippen LogP contribution in [0, 0.1) is 5.92 Å². The second kappa shape index (κ2) is 4.70. The lowest BCUT2D eigenvalue weighted by molar-refractivity contribution is -0.118. The fraction of sp³-hybridized carbons (Fsp3) is 0.500. The molecular formula is C14H16N4O3. The first-order valence-corrected chi connectivity index (χ1v) is 7.12. The van der Waals surface area contributed by atoms with E-state index in [4.69, 9.17) is 4.52 Å². The van der Waals surface area contributed by atoms with Crippen molar-refractivity contribution in [2.75, 3.05) is 13.2 Å². The molecule has 7 nitrogen and oxygen atoms in total. The molecule has 4 heterocycles. The van der Waals surface area contributed by atoms with Gasteiger partial charge in [0.15, 0.2) is 0 Å². The van der Waals surface area contributed by atoms with Crippen LogP contribution in [0.2, 0.25) is 0 Å². The Bertz CT molecular complexity index is 690. The average Bonchev–Trinajstić information content (AvgIpc) is 3.06. The lowest BCUT2D eigenvalue weighted by atomic mass is 9.99. The Morgan fingerprint density at radius 3 is 3.24 bits per heavy atom. The Labute approximate surface area is 121 Å². The number of nitrogens with zero attached hydrogens (tertiary/aromatic N) is 4. The van der Waals surface area contributed by atoms with Crippen molar-refractivity contribution in [2.45, 2.75) is 25.9 Å². The van der Waals surface area contributed by atoms with Crippen LogP contribution in [-0.4, -0.2) is 44.5 Å². The number of aromatic nitrogens is 3. The standard InChI is InChI=1S/C14H16N4O3/c19-6-9-3-10-7-21-16-13(10)14-11-5-17(8-20)2-1-12(11)15-18(14)4-9/h7-9,19H,1-6H2. The van der Waals surface area contributed by atoms with E-state index < -0.39 is 0 Å². The molecule has 7 heteroatoms. The number of hydrogen-bond donors (Lipinski definition) is 1. The first kappa shape index (κ1) is 12.6. The molecular weight excluding hydrogens is 272 g/mol. The summed E-state index contributed by atoms with van der Waals surface area (Å²) >= 11 is 0. The van der Waals surface area contributed by atoms with Crippen LogP contribution in [0.3, 0.4) is 0 Å². The van der Waals surface area contributed by atoms with Gasteiger partial charge in [0.25, 0.3) is 0 Å². The number of fused-ring (bicyclic) bond motifs is 5. The van der Waals surface area contributed by atoms with Gasteiger partial charge in [0.05, 0.1) is 11.4 Å². The zero-order valence-electron chi connectivity index (χ0n) is 11.5. The predicted octanol–water partition coefficient (Wildman–Crippen LogP) is 0.217. The number of carbonyl (C=O) groups excluding carboxylic acids is 1. The Hall–Kier alpha value is -2.15. The fourth-order valence-corrected chi connectivity index (χ4v) is 3.27. The predicted molar refractivity (Wildman–Crippen MR) is 72.2 cm³/mol. The lowest BCUT2D eigenvalue weighted by Crippen LogP contribution is -2.29. The molecule has 1 atom stereocenters. The Kier molecular flexibility index (Phi) is 2.81. The molecule has 1 amide bonds. The molecule has 2 aliphatic rings. The van der Waals surface area contributed by atoms with E-state index in [1.54, 1.807) is 11.2 Å². The SMILES string of the molecule is O=CN1CCc2nn3c(c2C1)-c1nocc1CC(CO)C3. The first-order chi connectivity index (χ1) is 10.3. The van der Waals surface area contributed by atoms with Crippen LogP contribution in [-0.2, 0) is 30.7 Å². The quantitative estimate of drug-likeness (QED) is 0.799. The van der Waals surface area contributed by atoms with Crippen molar-refractivity contribution >= 4 is 6.41 Å². The topological polar surface area (TPSA) is 84.4 Å². The van der Waals surface area contributed by atoms with Gasteiger partial charge in [-0.05, 0) is 6.42 Å². The van der Waals surface area contributed by atoms with Crippen LogP contribution in [0.4, 0.5) is 0 Å². The zero-order chi connectivity index (χ0) is 14.4. The van der Waals surface area contributed by atoms with Crippen molar-refractivity contribution in [3.05, 3.63) is 23.1 Å². The zero-order valence-corrected chi connectivity index (χ0v) is 11.5. The van der Waals surface area contributed by atoms with Crippen LogP contribution in [0.25, 0.3) is 11.4 Å². The van der Waals surface area contributed by atoms with E-state index in [-0.39, 0.29) is 12.5 Å². The maximum Gasteiger partial charge on any atom is 0.210 e. The van der Waals surface area contributed by atoms with Gasteiger partial charge in [-0.2, -0.15) is 5.10 Å². The number of amides is 1. The summed E-state index contributed by atoms with van der Waals surface area (Å²) in [4.78, 5) is 12.8. The highest BCUT2D eigenvalue weighted by Crippen LogP contribution is 2.35. The summed E-state index contributed by atoms with van der Waals surface area (Å²) in [6, 6.07) is 0. The van der Waals surface area contributed by atoms with Gasteiger partial charge in [-0.25, -0.2) is 0 Å². The number of carbonyl (C=O) groups is 1. The van der Waals surface area contributed by atoms with Crippen molar-refractivity contribution in [3.8, 4) is 11.4 Å². The van der Waals surface area contributed by atoms with Crippen molar-refractivity contribution in [1.82, 2.24) is 19.8 Å². The summed E-state index contributed by atoms with van der Waals surface area (Å²) in [6.45, 7) is 2.03. The van der Waals surface area contributed by atoms with Gasteiger partial charge in [0.2, 0.25) is 6.41 Å². The summed E-state index contributed by atoms with van der Waals surface area (Å²) in [5.41, 5.74) is 4.82. The number of aliphatic hydroxyl groups excluding tert-OH is 1. The van der Waals surface area contributed by atoms with E-state index >= 15 is 0 Å². The third-order valence-corrected chi connectivity index (χ3v) is 4.35. The largest absolute Gasteiger partial charge is 0.396 e. The monoisotopic (exact) mass is 288 g/mol. The molecule has 0 saturated heterocycles. The minimum absolute atomic E-state index is 0.105. The molecule has 0 saturated carbocycles. The number of hydrogen-bond acceptors (Lipinski definition) is 5. The van der Waals surface area contributed by atoms with Crippen LogP contribution >= 0.6 is 0 Å². The van der Waals surface area contributed by atoms with Crippen molar-refractivity contribution < 1.29 is 14.4 Å². The Balaban J connectivity index is 1.88. The second-order valence-corrected chi connectivity index (χ2v) is 5.72. The molecule has 2 aliphatic heterocycles. The van der Waals surface area contributed by atoms with Crippen LogP contribution in [0.5, 0.6) is 0 Å². The van der Waals surface area contributed by atoms with E-state index in [0.29, 0.717) is 19.6 Å². The van der Waals surface area contributed by atoms with E-state index in [9.17, 15) is 9.90 Å². The van der Waals surface area contributed by atoms with Gasteiger partial charge in [-0.1, -0.05) is 5.16 Å². The molecule has 0 radical (unpaired) electrons. The molecule has 0 bridgehead atoms. The molecule has 21 heavy (non-hydrogen) atoms. The molecule has 4 rings (SSSR count). The van der Waals surface area contributed by atoms with Crippen molar-refractivity contribution in [2.24, 2.45) is 5.92 Å². The van der Waals surface area contributed by atoms with E-state index in [2.05, 4.69) is 10.3 Å². The minimum atomic E-state index is 0.105. The smallest absolute Gasteiger partial charge is 0.210 e. The van der Waals surface area contributed by atoms with Gasteiger partial charge in [-0.3, -0.25) is 9.48 Å². The van der Waals surface area contributed by atoms with Crippen LogP contribution in [0.1, 0.15) is 16.8 Å². The van der Waals surface area contributed by atoms with E-state index in [1.165, 1.54) is 0 Å². The Morgan fingerprint density at radius 2 is 2.43 bits per heavy atom. The molecule has 0 aliphatic carbocycles. The molecule has 1 N–H and O–H groups in total.